The van der Waals surface area contributed by atoms with E-state index in [1.807, 2.05) is 18.2 Å². The molecular weight excluding hydrogens is 346 g/mol. The Balaban J connectivity index is 2.02. The summed E-state index contributed by atoms with van der Waals surface area (Å²) in [5.41, 5.74) is 9.66. The van der Waals surface area contributed by atoms with Crippen LogP contribution in [0.15, 0.2) is 29.8 Å². The summed E-state index contributed by atoms with van der Waals surface area (Å²) in [6, 6.07) is 7.14. The summed E-state index contributed by atoms with van der Waals surface area (Å²) in [5, 5.41) is 0. The highest BCUT2D eigenvalue weighted by Gasteiger charge is 2.25. The van der Waals surface area contributed by atoms with Gasteiger partial charge in [-0.2, -0.15) is 0 Å². The van der Waals surface area contributed by atoms with Gasteiger partial charge in [0.1, 0.15) is 5.75 Å². The quantitative estimate of drug-likeness (QED) is 0.642. The second-order valence-electron chi connectivity index (χ2n) is 6.16. The highest BCUT2D eigenvalue weighted by atomic mass is 16.5. The molecule has 2 N–H and O–H groups in total. The van der Waals surface area contributed by atoms with Gasteiger partial charge < -0.3 is 24.7 Å². The normalized spacial score (nSPS) is 14.7. The van der Waals surface area contributed by atoms with E-state index in [0.29, 0.717) is 52.7 Å². The summed E-state index contributed by atoms with van der Waals surface area (Å²) in [7, 11) is 6.25. The zero-order valence-corrected chi connectivity index (χ0v) is 15.9. The Kier molecular flexibility index (Phi) is 5.26. The van der Waals surface area contributed by atoms with Crippen molar-refractivity contribution in [2.24, 2.45) is 0 Å². The first kappa shape index (κ1) is 18.6. The Morgan fingerprint density at radius 1 is 0.889 bits per heavy atom. The molecular formula is C21H23NO5. The molecule has 0 unspecified atom stereocenters. The third-order valence-electron chi connectivity index (χ3n) is 4.75. The van der Waals surface area contributed by atoms with Crippen LogP contribution in [0, 0.1) is 0 Å². The minimum atomic E-state index is -0.0284. The highest BCUT2D eigenvalue weighted by molar-refractivity contribution is 6.14. The van der Waals surface area contributed by atoms with E-state index in [0.717, 1.165) is 11.1 Å². The van der Waals surface area contributed by atoms with Crippen LogP contribution in [0.1, 0.15) is 27.9 Å². The van der Waals surface area contributed by atoms with Gasteiger partial charge in [-0.15, -0.1) is 0 Å². The molecule has 0 saturated carbocycles. The summed E-state index contributed by atoms with van der Waals surface area (Å²) in [5.74, 6) is 2.17. The maximum atomic E-state index is 13.0. The van der Waals surface area contributed by atoms with Gasteiger partial charge in [-0.3, -0.25) is 4.79 Å². The number of hydrogen-bond donors (Lipinski definition) is 1. The number of anilines is 1. The number of ketones is 1. The van der Waals surface area contributed by atoms with E-state index < -0.39 is 0 Å². The minimum Gasteiger partial charge on any atom is -0.495 e. The number of rotatable bonds is 5. The fourth-order valence-corrected chi connectivity index (χ4v) is 3.37. The zero-order valence-electron chi connectivity index (χ0n) is 15.9. The topological polar surface area (TPSA) is 80.0 Å². The minimum absolute atomic E-state index is 0.0284. The first-order valence-corrected chi connectivity index (χ1v) is 8.54. The van der Waals surface area contributed by atoms with Crippen molar-refractivity contribution < 1.29 is 23.7 Å². The van der Waals surface area contributed by atoms with Crippen molar-refractivity contribution in [2.45, 2.75) is 12.8 Å². The lowest BCUT2D eigenvalue weighted by Crippen LogP contribution is -2.16. The van der Waals surface area contributed by atoms with Gasteiger partial charge in [-0.1, -0.05) is 0 Å². The number of methoxy groups -OCH3 is 4. The van der Waals surface area contributed by atoms with Gasteiger partial charge in [0.25, 0.3) is 0 Å². The Morgan fingerprint density at radius 2 is 1.52 bits per heavy atom. The molecule has 0 aliphatic heterocycles. The average molecular weight is 369 g/mol. The van der Waals surface area contributed by atoms with Crippen molar-refractivity contribution >= 4 is 17.5 Å². The third-order valence-corrected chi connectivity index (χ3v) is 4.75. The van der Waals surface area contributed by atoms with Crippen LogP contribution in [0.5, 0.6) is 23.0 Å². The number of nitrogens with two attached hydrogens (primary N) is 1. The van der Waals surface area contributed by atoms with Gasteiger partial charge in [-0.05, 0) is 54.3 Å². The summed E-state index contributed by atoms with van der Waals surface area (Å²) in [4.78, 5) is 13.0. The van der Waals surface area contributed by atoms with E-state index in [1.54, 1.807) is 40.6 Å². The van der Waals surface area contributed by atoms with Crippen molar-refractivity contribution in [1.82, 2.24) is 0 Å². The lowest BCUT2D eigenvalue weighted by Gasteiger charge is -2.21. The summed E-state index contributed by atoms with van der Waals surface area (Å²) in [6.45, 7) is 0. The van der Waals surface area contributed by atoms with Crippen LogP contribution in [0.2, 0.25) is 0 Å². The van der Waals surface area contributed by atoms with Crippen molar-refractivity contribution in [3.63, 3.8) is 0 Å². The maximum Gasteiger partial charge on any atom is 0.203 e. The number of allylic oxidation sites excluding steroid dienone is 1. The monoisotopic (exact) mass is 369 g/mol. The first-order valence-electron chi connectivity index (χ1n) is 8.54. The van der Waals surface area contributed by atoms with Crippen molar-refractivity contribution in [2.75, 3.05) is 34.2 Å². The molecule has 0 atom stereocenters. The molecule has 0 heterocycles. The van der Waals surface area contributed by atoms with Crippen LogP contribution < -0.4 is 24.7 Å². The van der Waals surface area contributed by atoms with E-state index in [-0.39, 0.29) is 5.78 Å². The molecule has 2 aromatic rings. The SMILES string of the molecule is COc1ccc2c(c1N)CC/C(=C\c1cc(OC)c(OC)c(OC)c1)C2=O. The predicted octanol–water partition coefficient (Wildman–Crippen LogP) is 3.52. The van der Waals surface area contributed by atoms with Gasteiger partial charge in [0.05, 0.1) is 34.1 Å². The van der Waals surface area contributed by atoms with Gasteiger partial charge >= 0.3 is 0 Å². The largest absolute Gasteiger partial charge is 0.495 e. The third kappa shape index (κ3) is 3.30. The molecule has 0 radical (unpaired) electrons. The molecule has 2 aromatic carbocycles. The number of Topliss-reactive ketones (excluding diaryl/α,β-unsaturated/α-hetero) is 1. The summed E-state index contributed by atoms with van der Waals surface area (Å²) >= 11 is 0. The molecule has 6 nitrogen and oxygen atoms in total. The molecule has 0 bridgehead atoms. The molecule has 0 amide bonds. The number of fused-ring (bicyclic) bond motifs is 1. The predicted molar refractivity (Wildman–Crippen MR) is 104 cm³/mol. The summed E-state index contributed by atoms with van der Waals surface area (Å²) in [6.07, 6.45) is 3.14. The number of carbonyl (C=O) groups excluding carboxylic acids is 1. The van der Waals surface area contributed by atoms with Crippen molar-refractivity contribution in [3.05, 3.63) is 46.5 Å². The van der Waals surface area contributed by atoms with Crippen LogP contribution in [0.4, 0.5) is 5.69 Å². The van der Waals surface area contributed by atoms with Crippen molar-refractivity contribution in [3.8, 4) is 23.0 Å². The van der Waals surface area contributed by atoms with E-state index >= 15 is 0 Å². The second kappa shape index (κ2) is 7.61. The molecule has 3 rings (SSSR count). The number of benzene rings is 2. The molecule has 0 saturated heterocycles. The lowest BCUT2D eigenvalue weighted by molar-refractivity contribution is 0.102. The molecule has 0 aromatic heterocycles. The van der Waals surface area contributed by atoms with Crippen molar-refractivity contribution in [1.29, 1.82) is 0 Å². The second-order valence-corrected chi connectivity index (χ2v) is 6.16. The van der Waals surface area contributed by atoms with Gasteiger partial charge in [0, 0.05) is 11.1 Å². The van der Waals surface area contributed by atoms with Crippen LogP contribution in [0.3, 0.4) is 0 Å². The Bertz CT molecular complexity index is 892. The first-order chi connectivity index (χ1) is 13.0. The fraction of sp³-hybridized carbons (Fsp3) is 0.286. The Labute approximate surface area is 158 Å². The standard InChI is InChI=1S/C21H23NO5/c1-24-16-8-7-15-14(19(16)22)6-5-13(20(15)23)9-12-10-17(25-2)21(27-4)18(11-12)26-3/h7-11H,5-6,22H2,1-4H3/b13-9+. The van der Waals surface area contributed by atoms with Crippen LogP contribution in [-0.4, -0.2) is 34.2 Å². The van der Waals surface area contributed by atoms with E-state index in [4.69, 9.17) is 24.7 Å². The molecule has 0 fully saturated rings. The van der Waals surface area contributed by atoms with Crippen LogP contribution in [0.25, 0.3) is 6.08 Å². The van der Waals surface area contributed by atoms with Crippen LogP contribution >= 0.6 is 0 Å². The van der Waals surface area contributed by atoms with Crippen LogP contribution in [-0.2, 0) is 6.42 Å². The van der Waals surface area contributed by atoms with Gasteiger partial charge in [0.15, 0.2) is 17.3 Å². The molecule has 6 heteroatoms. The molecule has 142 valence electrons. The average Bonchev–Trinajstić information content (AvgIpc) is 2.69. The smallest absolute Gasteiger partial charge is 0.203 e. The zero-order chi connectivity index (χ0) is 19.6. The van der Waals surface area contributed by atoms with Gasteiger partial charge in [0.2, 0.25) is 5.75 Å². The van der Waals surface area contributed by atoms with E-state index in [2.05, 4.69) is 0 Å². The number of ether oxygens (including phenoxy) is 4. The summed E-state index contributed by atoms with van der Waals surface area (Å²) < 4.78 is 21.4. The molecule has 1 aliphatic rings. The van der Waals surface area contributed by atoms with E-state index in [9.17, 15) is 4.79 Å². The Hall–Kier alpha value is -3.15. The Morgan fingerprint density at radius 3 is 2.07 bits per heavy atom. The maximum absolute atomic E-state index is 13.0. The molecule has 1 aliphatic carbocycles. The number of carbonyl (C=O) groups is 1. The lowest BCUT2D eigenvalue weighted by atomic mass is 9.85. The molecule has 27 heavy (non-hydrogen) atoms. The number of hydrogen-bond acceptors (Lipinski definition) is 6. The van der Waals surface area contributed by atoms with Gasteiger partial charge in [-0.25, -0.2) is 0 Å². The number of nitrogen functional groups attached to an aromatic ring is 1. The fourth-order valence-electron chi connectivity index (χ4n) is 3.37. The highest BCUT2D eigenvalue weighted by Crippen LogP contribution is 2.40. The van der Waals surface area contributed by atoms with E-state index in [1.165, 1.54) is 0 Å². The molecule has 0 spiro atoms.